The second-order valence-electron chi connectivity index (χ2n) is 7.16. The van der Waals surface area contributed by atoms with Gasteiger partial charge in [-0.25, -0.2) is 0 Å². The number of carbonyl (C=O) groups is 4. The van der Waals surface area contributed by atoms with E-state index in [0.29, 0.717) is 26.3 Å². The van der Waals surface area contributed by atoms with Gasteiger partial charge in [-0.2, -0.15) is 0 Å². The van der Waals surface area contributed by atoms with Crippen LogP contribution in [0.15, 0.2) is 18.2 Å². The van der Waals surface area contributed by atoms with Crippen molar-refractivity contribution in [3.05, 3.63) is 34.9 Å². The van der Waals surface area contributed by atoms with Crippen molar-refractivity contribution in [2.45, 2.75) is 31.0 Å². The van der Waals surface area contributed by atoms with Crippen molar-refractivity contribution in [2.24, 2.45) is 5.73 Å². The molecule has 1 aromatic carbocycles. The van der Waals surface area contributed by atoms with Crippen molar-refractivity contribution < 1.29 is 23.9 Å². The number of ether oxygens (including phenoxy) is 1. The average molecular weight is 372 g/mol. The second-order valence-corrected chi connectivity index (χ2v) is 7.16. The number of imide groups is 2. The predicted molar refractivity (Wildman–Crippen MR) is 92.6 cm³/mol. The second kappa shape index (κ2) is 6.52. The number of nitrogens with two attached hydrogens (primary N) is 1. The normalized spacial score (nSPS) is 23.9. The van der Waals surface area contributed by atoms with Crippen molar-refractivity contribution in [1.82, 2.24) is 15.5 Å². The molecule has 2 fully saturated rings. The van der Waals surface area contributed by atoms with Crippen LogP contribution in [0.3, 0.4) is 0 Å². The van der Waals surface area contributed by atoms with Crippen molar-refractivity contribution >= 4 is 23.6 Å². The zero-order chi connectivity index (χ0) is 19.2. The summed E-state index contributed by atoms with van der Waals surface area (Å²) in [4.78, 5) is 49.8. The molecule has 3 aliphatic rings. The summed E-state index contributed by atoms with van der Waals surface area (Å²) in [5.41, 5.74) is 6.90. The van der Waals surface area contributed by atoms with Crippen LogP contribution in [0.25, 0.3) is 0 Å². The van der Waals surface area contributed by atoms with Gasteiger partial charge in [0.2, 0.25) is 11.8 Å². The molecule has 4 amide bonds. The number of nitrogens with zero attached hydrogens (tertiary/aromatic N) is 1. The summed E-state index contributed by atoms with van der Waals surface area (Å²) in [6, 6.07) is 4.09. The third kappa shape index (κ3) is 2.93. The maximum absolute atomic E-state index is 12.8. The van der Waals surface area contributed by atoms with Gasteiger partial charge in [0.05, 0.1) is 29.9 Å². The Hall–Kier alpha value is -2.62. The smallest absolute Gasteiger partial charge is 0.262 e. The maximum atomic E-state index is 12.8. The average Bonchev–Trinajstić information content (AvgIpc) is 2.86. The van der Waals surface area contributed by atoms with Crippen LogP contribution in [0.4, 0.5) is 0 Å². The van der Waals surface area contributed by atoms with Gasteiger partial charge in [-0.1, -0.05) is 6.07 Å². The van der Waals surface area contributed by atoms with Crippen LogP contribution in [0.5, 0.6) is 0 Å². The van der Waals surface area contributed by atoms with Gasteiger partial charge in [0.25, 0.3) is 11.8 Å². The quantitative estimate of drug-likeness (QED) is 0.560. The molecule has 2 saturated heterocycles. The van der Waals surface area contributed by atoms with E-state index in [0.717, 1.165) is 10.5 Å². The molecule has 9 nitrogen and oxygen atoms in total. The zero-order valence-electron chi connectivity index (χ0n) is 14.6. The van der Waals surface area contributed by atoms with E-state index in [-0.39, 0.29) is 29.5 Å². The molecule has 0 aromatic heterocycles. The third-order valence-electron chi connectivity index (χ3n) is 5.32. The number of fused-ring (bicyclic) bond motifs is 1. The van der Waals surface area contributed by atoms with Gasteiger partial charge in [0, 0.05) is 19.5 Å². The summed E-state index contributed by atoms with van der Waals surface area (Å²) in [7, 11) is 0. The fourth-order valence-electron chi connectivity index (χ4n) is 3.56. The lowest BCUT2D eigenvalue weighted by Gasteiger charge is -2.41. The fraction of sp³-hybridized carbons (Fsp3) is 0.444. The molecule has 3 heterocycles. The first-order chi connectivity index (χ1) is 12.9. The van der Waals surface area contributed by atoms with E-state index >= 15 is 0 Å². The Morgan fingerprint density at radius 3 is 2.56 bits per heavy atom. The first-order valence-electron chi connectivity index (χ1n) is 8.81. The van der Waals surface area contributed by atoms with Crippen molar-refractivity contribution in [3.8, 4) is 0 Å². The highest BCUT2D eigenvalue weighted by Gasteiger charge is 2.44. The van der Waals surface area contributed by atoms with Crippen LogP contribution in [-0.2, 0) is 20.9 Å². The molecule has 0 spiro atoms. The molecule has 1 unspecified atom stereocenters. The minimum absolute atomic E-state index is 0.0994. The van der Waals surface area contributed by atoms with E-state index < -0.39 is 29.7 Å². The van der Waals surface area contributed by atoms with E-state index in [4.69, 9.17) is 10.5 Å². The molecular formula is C18H20N4O5. The van der Waals surface area contributed by atoms with Crippen LogP contribution in [-0.4, -0.2) is 59.9 Å². The number of hydrogen-bond donors (Lipinski definition) is 3. The number of rotatable bonds is 5. The Morgan fingerprint density at radius 1 is 1.19 bits per heavy atom. The number of piperidine rings is 1. The summed E-state index contributed by atoms with van der Waals surface area (Å²) in [5, 5.41) is 5.52. The predicted octanol–water partition coefficient (Wildman–Crippen LogP) is -1.09. The third-order valence-corrected chi connectivity index (χ3v) is 5.32. The van der Waals surface area contributed by atoms with Crippen molar-refractivity contribution in [3.63, 3.8) is 0 Å². The number of hydrogen-bond acceptors (Lipinski definition) is 7. The van der Waals surface area contributed by atoms with Crippen LogP contribution >= 0.6 is 0 Å². The molecule has 0 bridgehead atoms. The number of amides is 4. The largest absolute Gasteiger partial charge is 0.377 e. The summed E-state index contributed by atoms with van der Waals surface area (Å²) < 4.78 is 5.21. The number of benzene rings is 1. The van der Waals surface area contributed by atoms with E-state index in [1.54, 1.807) is 18.2 Å². The lowest BCUT2D eigenvalue weighted by molar-refractivity contribution is -0.136. The monoisotopic (exact) mass is 372 g/mol. The Bertz CT molecular complexity index is 843. The van der Waals surface area contributed by atoms with Gasteiger partial charge < -0.3 is 15.8 Å². The molecule has 4 rings (SSSR count). The van der Waals surface area contributed by atoms with Gasteiger partial charge in [0.1, 0.15) is 6.04 Å². The molecule has 9 heteroatoms. The van der Waals surface area contributed by atoms with Gasteiger partial charge in [-0.05, 0) is 24.1 Å². The van der Waals surface area contributed by atoms with Crippen molar-refractivity contribution in [1.29, 1.82) is 0 Å². The van der Waals surface area contributed by atoms with E-state index in [9.17, 15) is 19.2 Å². The Balaban J connectivity index is 1.53. The highest BCUT2D eigenvalue weighted by molar-refractivity contribution is 6.23. The molecule has 0 saturated carbocycles. The van der Waals surface area contributed by atoms with Gasteiger partial charge in [0.15, 0.2) is 0 Å². The Labute approximate surface area is 155 Å². The Morgan fingerprint density at radius 2 is 1.93 bits per heavy atom. The highest BCUT2D eigenvalue weighted by atomic mass is 16.5. The van der Waals surface area contributed by atoms with E-state index in [1.807, 2.05) is 0 Å². The molecule has 1 aromatic rings. The first kappa shape index (κ1) is 17.8. The van der Waals surface area contributed by atoms with Crippen molar-refractivity contribution in [2.75, 3.05) is 19.8 Å². The highest BCUT2D eigenvalue weighted by Crippen LogP contribution is 2.28. The van der Waals surface area contributed by atoms with Crippen LogP contribution < -0.4 is 16.4 Å². The molecule has 0 radical (unpaired) electrons. The molecule has 142 valence electrons. The van der Waals surface area contributed by atoms with Crippen LogP contribution in [0, 0.1) is 0 Å². The van der Waals surface area contributed by atoms with Crippen LogP contribution in [0.2, 0.25) is 0 Å². The standard InChI is InChI=1S/C18H20N4O5/c19-7-18(8-27-9-18)20-6-10-1-2-11-12(5-10)17(26)22(16(11)25)13-3-4-14(23)21-15(13)24/h1-2,5,13,20H,3-4,6-9,19H2,(H,21,23,24). The van der Waals surface area contributed by atoms with E-state index in [1.165, 1.54) is 0 Å². The summed E-state index contributed by atoms with van der Waals surface area (Å²) >= 11 is 0. The zero-order valence-corrected chi connectivity index (χ0v) is 14.6. The molecular weight excluding hydrogens is 352 g/mol. The van der Waals surface area contributed by atoms with Gasteiger partial charge in [-0.3, -0.25) is 29.4 Å². The molecule has 0 aliphatic carbocycles. The van der Waals surface area contributed by atoms with Crippen LogP contribution in [0.1, 0.15) is 39.1 Å². The minimum Gasteiger partial charge on any atom is -0.377 e. The minimum atomic E-state index is -0.954. The van der Waals surface area contributed by atoms with Gasteiger partial charge >= 0.3 is 0 Å². The fourth-order valence-corrected chi connectivity index (χ4v) is 3.56. The number of carbonyl (C=O) groups excluding carboxylic acids is 4. The topological polar surface area (TPSA) is 131 Å². The summed E-state index contributed by atoms with van der Waals surface area (Å²) in [6.45, 7) is 2.00. The first-order valence-corrected chi connectivity index (χ1v) is 8.81. The lowest BCUT2D eigenvalue weighted by atomic mass is 9.97. The van der Waals surface area contributed by atoms with Gasteiger partial charge in [-0.15, -0.1) is 0 Å². The summed E-state index contributed by atoms with van der Waals surface area (Å²) in [6.07, 6.45) is 0.242. The number of nitrogens with one attached hydrogen (secondary N) is 2. The molecule has 3 aliphatic heterocycles. The lowest BCUT2D eigenvalue weighted by Crippen LogP contribution is -2.64. The summed E-state index contributed by atoms with van der Waals surface area (Å²) in [5.74, 6) is -2.02. The Kier molecular flexibility index (Phi) is 4.29. The molecule has 1 atom stereocenters. The molecule has 4 N–H and O–H groups in total. The molecule has 27 heavy (non-hydrogen) atoms. The van der Waals surface area contributed by atoms with E-state index in [2.05, 4.69) is 10.6 Å². The SMILES string of the molecule is NCC1(NCc2ccc3c(c2)C(=O)N(C2CCC(=O)NC2=O)C3=O)COC1. The maximum Gasteiger partial charge on any atom is 0.262 e.